The van der Waals surface area contributed by atoms with Crippen molar-refractivity contribution >= 4 is 33.4 Å². The van der Waals surface area contributed by atoms with Crippen molar-refractivity contribution in [2.75, 3.05) is 13.6 Å². The summed E-state index contributed by atoms with van der Waals surface area (Å²) < 4.78 is 26.8. The number of nitrogens with zero attached hydrogens (tertiary/aromatic N) is 2. The Morgan fingerprint density at radius 2 is 1.69 bits per heavy atom. The minimum absolute atomic E-state index is 0.0994. The molecule has 0 saturated heterocycles. The summed E-state index contributed by atoms with van der Waals surface area (Å²) in [6, 6.07) is 12.5. The Morgan fingerprint density at radius 3 is 2.25 bits per heavy atom. The van der Waals surface area contributed by atoms with E-state index in [4.69, 9.17) is 11.6 Å². The first kappa shape index (κ1) is 25.8. The number of carbonyl (C=O) groups is 2. The van der Waals surface area contributed by atoms with Crippen LogP contribution in [0.25, 0.3) is 0 Å². The fourth-order valence-corrected chi connectivity index (χ4v) is 4.41. The number of sulfonamides is 1. The van der Waals surface area contributed by atoms with E-state index in [2.05, 4.69) is 5.32 Å². The molecule has 32 heavy (non-hydrogen) atoms. The zero-order valence-corrected chi connectivity index (χ0v) is 20.6. The molecule has 7 nitrogen and oxygen atoms in total. The minimum Gasteiger partial charge on any atom is -0.352 e. The first-order chi connectivity index (χ1) is 14.9. The lowest BCUT2D eigenvalue weighted by atomic mass is 10.1. The van der Waals surface area contributed by atoms with Crippen LogP contribution in [0, 0.1) is 6.92 Å². The number of nitrogens with one attached hydrogen (secondary N) is 1. The average Bonchev–Trinajstić information content (AvgIpc) is 2.71. The summed E-state index contributed by atoms with van der Waals surface area (Å²) >= 11 is 6.07. The van der Waals surface area contributed by atoms with Gasteiger partial charge in [0.1, 0.15) is 6.04 Å². The van der Waals surface area contributed by atoms with Crippen molar-refractivity contribution in [3.05, 3.63) is 64.7 Å². The van der Waals surface area contributed by atoms with Crippen molar-refractivity contribution in [2.24, 2.45) is 0 Å². The number of rotatable bonds is 9. The van der Waals surface area contributed by atoms with Crippen LogP contribution in [-0.4, -0.2) is 55.1 Å². The number of carbonyl (C=O) groups excluding carboxylic acids is 2. The zero-order chi connectivity index (χ0) is 24.1. The second kappa shape index (κ2) is 10.9. The molecular weight excluding hydrogens is 450 g/mol. The van der Waals surface area contributed by atoms with E-state index in [1.807, 2.05) is 20.8 Å². The molecule has 0 aromatic heterocycles. The Labute approximate surface area is 195 Å². The maximum atomic E-state index is 13.2. The van der Waals surface area contributed by atoms with Crippen molar-refractivity contribution in [3.8, 4) is 0 Å². The Balaban J connectivity index is 2.27. The van der Waals surface area contributed by atoms with Gasteiger partial charge in [-0.1, -0.05) is 41.4 Å². The number of likely N-dealkylation sites (N-methyl/N-ethyl adjacent to an activating group) is 1. The van der Waals surface area contributed by atoms with Crippen molar-refractivity contribution in [3.63, 3.8) is 0 Å². The van der Waals surface area contributed by atoms with Crippen LogP contribution in [0.2, 0.25) is 5.02 Å². The van der Waals surface area contributed by atoms with E-state index < -0.39 is 28.5 Å². The molecule has 0 aliphatic carbocycles. The molecule has 0 aliphatic rings. The van der Waals surface area contributed by atoms with E-state index in [0.29, 0.717) is 5.02 Å². The van der Waals surface area contributed by atoms with Gasteiger partial charge in [0.2, 0.25) is 21.8 Å². The van der Waals surface area contributed by atoms with Gasteiger partial charge in [0.15, 0.2) is 0 Å². The monoisotopic (exact) mass is 479 g/mol. The van der Waals surface area contributed by atoms with E-state index in [9.17, 15) is 18.0 Å². The molecule has 2 rings (SSSR count). The molecule has 0 fully saturated rings. The second-order valence-corrected chi connectivity index (χ2v) is 10.5. The highest BCUT2D eigenvalue weighted by Crippen LogP contribution is 2.18. The molecule has 174 valence electrons. The van der Waals surface area contributed by atoms with E-state index in [1.54, 1.807) is 43.3 Å². The van der Waals surface area contributed by atoms with Gasteiger partial charge in [-0.15, -0.1) is 0 Å². The van der Waals surface area contributed by atoms with Gasteiger partial charge in [-0.25, -0.2) is 8.42 Å². The third-order valence-electron chi connectivity index (χ3n) is 4.93. The van der Waals surface area contributed by atoms with Crippen LogP contribution in [0.4, 0.5) is 0 Å². The Bertz CT molecular complexity index is 1060. The molecular formula is C23H30ClN3O4S. The molecule has 1 N–H and O–H groups in total. The normalized spacial score (nSPS) is 12.6. The Morgan fingerprint density at radius 1 is 1.06 bits per heavy atom. The molecule has 0 spiro atoms. The largest absolute Gasteiger partial charge is 0.352 e. The van der Waals surface area contributed by atoms with Crippen LogP contribution >= 0.6 is 11.6 Å². The van der Waals surface area contributed by atoms with Crippen LogP contribution in [-0.2, 0) is 26.2 Å². The van der Waals surface area contributed by atoms with Crippen LogP contribution in [0.15, 0.2) is 53.4 Å². The summed E-state index contributed by atoms with van der Waals surface area (Å²) in [6.45, 7) is 6.85. The highest BCUT2D eigenvalue weighted by molar-refractivity contribution is 7.89. The van der Waals surface area contributed by atoms with E-state index in [0.717, 1.165) is 15.4 Å². The zero-order valence-electron chi connectivity index (χ0n) is 19.0. The lowest BCUT2D eigenvalue weighted by Crippen LogP contribution is -2.51. The highest BCUT2D eigenvalue weighted by atomic mass is 35.5. The third kappa shape index (κ3) is 6.79. The first-order valence-corrected chi connectivity index (χ1v) is 12.1. The van der Waals surface area contributed by atoms with Crippen LogP contribution in [0.3, 0.4) is 0 Å². The summed E-state index contributed by atoms with van der Waals surface area (Å²) in [5, 5.41) is 3.31. The second-order valence-electron chi connectivity index (χ2n) is 8.06. The smallest absolute Gasteiger partial charge is 0.243 e. The van der Waals surface area contributed by atoms with Crippen LogP contribution in [0.1, 0.15) is 31.9 Å². The summed E-state index contributed by atoms with van der Waals surface area (Å²) in [5.74, 6) is -0.811. The standard InChI is InChI=1S/C23H30ClN3O4S/c1-16(2)25-23(29)18(4)27(14-19-7-6-8-20(24)13-19)22(28)15-26(5)32(30,31)21-11-9-17(3)10-12-21/h6-13,16,18H,14-15H2,1-5H3,(H,25,29). The lowest BCUT2D eigenvalue weighted by molar-refractivity contribution is -0.140. The van der Waals surface area contributed by atoms with Crippen molar-refractivity contribution in [1.29, 1.82) is 0 Å². The molecule has 1 atom stereocenters. The first-order valence-electron chi connectivity index (χ1n) is 10.3. The summed E-state index contributed by atoms with van der Waals surface area (Å²) in [6.07, 6.45) is 0. The Kier molecular flexibility index (Phi) is 8.83. The molecule has 9 heteroatoms. The SMILES string of the molecule is Cc1ccc(S(=O)(=O)N(C)CC(=O)N(Cc2cccc(Cl)c2)C(C)C(=O)NC(C)C)cc1. The van der Waals surface area contributed by atoms with E-state index in [1.165, 1.54) is 24.1 Å². The molecule has 2 aromatic rings. The van der Waals surface area contributed by atoms with Gasteiger partial charge in [-0.05, 0) is 57.5 Å². The quantitative estimate of drug-likeness (QED) is 0.598. The van der Waals surface area contributed by atoms with Crippen molar-refractivity contribution in [2.45, 2.75) is 51.2 Å². The molecule has 1 unspecified atom stereocenters. The van der Waals surface area contributed by atoms with Gasteiger partial charge in [0.25, 0.3) is 0 Å². The molecule has 2 amide bonds. The third-order valence-corrected chi connectivity index (χ3v) is 6.98. The predicted octanol–water partition coefficient (Wildman–Crippen LogP) is 3.21. The van der Waals surface area contributed by atoms with Crippen molar-refractivity contribution < 1.29 is 18.0 Å². The highest BCUT2D eigenvalue weighted by Gasteiger charge is 2.30. The average molecular weight is 480 g/mol. The van der Waals surface area contributed by atoms with E-state index in [-0.39, 0.29) is 23.4 Å². The maximum Gasteiger partial charge on any atom is 0.243 e. The molecule has 2 aromatic carbocycles. The van der Waals surface area contributed by atoms with Gasteiger partial charge in [-0.3, -0.25) is 9.59 Å². The Hall–Kier alpha value is -2.42. The maximum absolute atomic E-state index is 13.2. The van der Waals surface area contributed by atoms with Gasteiger partial charge < -0.3 is 10.2 Å². The number of aryl methyl sites for hydroxylation is 1. The molecule has 0 saturated carbocycles. The summed E-state index contributed by atoms with van der Waals surface area (Å²) in [4.78, 5) is 27.3. The summed E-state index contributed by atoms with van der Waals surface area (Å²) in [5.41, 5.74) is 1.67. The predicted molar refractivity (Wildman–Crippen MR) is 126 cm³/mol. The number of hydrogen-bond donors (Lipinski definition) is 1. The van der Waals surface area contributed by atoms with Gasteiger partial charge in [0, 0.05) is 24.7 Å². The minimum atomic E-state index is -3.86. The number of halogens is 1. The van der Waals surface area contributed by atoms with Crippen LogP contribution < -0.4 is 5.32 Å². The van der Waals surface area contributed by atoms with Crippen LogP contribution in [0.5, 0.6) is 0 Å². The van der Waals surface area contributed by atoms with E-state index >= 15 is 0 Å². The van der Waals surface area contributed by atoms with Crippen molar-refractivity contribution in [1.82, 2.24) is 14.5 Å². The fraction of sp³-hybridized carbons (Fsp3) is 0.391. The topological polar surface area (TPSA) is 86.8 Å². The number of benzene rings is 2. The summed E-state index contributed by atoms with van der Waals surface area (Å²) in [7, 11) is -2.51. The lowest BCUT2D eigenvalue weighted by Gasteiger charge is -2.30. The fourth-order valence-electron chi connectivity index (χ4n) is 3.08. The van der Waals surface area contributed by atoms with Gasteiger partial charge in [0.05, 0.1) is 11.4 Å². The number of amides is 2. The van der Waals surface area contributed by atoms with Gasteiger partial charge >= 0.3 is 0 Å². The molecule has 0 heterocycles. The molecule has 0 aliphatic heterocycles. The number of hydrogen-bond acceptors (Lipinski definition) is 4. The van der Waals surface area contributed by atoms with Gasteiger partial charge in [-0.2, -0.15) is 4.31 Å². The molecule has 0 radical (unpaired) electrons. The molecule has 0 bridgehead atoms.